The number of rotatable bonds is 7. The second-order valence-corrected chi connectivity index (χ2v) is 8.87. The minimum Gasteiger partial charge on any atom is -0.481 e. The van der Waals surface area contributed by atoms with Crippen LogP contribution in [0.1, 0.15) is 39.0 Å². The maximum absolute atomic E-state index is 13.2. The second-order valence-electron chi connectivity index (χ2n) is 7.19. The normalized spacial score (nSPS) is 16.1. The van der Waals surface area contributed by atoms with Crippen molar-refractivity contribution in [3.8, 4) is 5.75 Å². The first-order valence-electron chi connectivity index (χ1n) is 9.69. The molecule has 1 saturated carbocycles. The summed E-state index contributed by atoms with van der Waals surface area (Å²) in [7, 11) is -3.86. The fourth-order valence-corrected chi connectivity index (χ4v) is 4.34. The Morgan fingerprint density at radius 3 is 2.45 bits per heavy atom. The van der Waals surface area contributed by atoms with Gasteiger partial charge >= 0.3 is 0 Å². The number of amides is 1. The highest BCUT2D eigenvalue weighted by Gasteiger charge is 2.21. The van der Waals surface area contributed by atoms with Crippen LogP contribution in [0.3, 0.4) is 0 Å². The average Bonchev–Trinajstić information content (AvgIpc) is 2.69. The summed E-state index contributed by atoms with van der Waals surface area (Å²) in [4.78, 5) is 12.3. The van der Waals surface area contributed by atoms with E-state index in [1.807, 2.05) is 0 Å². The monoisotopic (exact) mass is 420 g/mol. The predicted octanol–water partition coefficient (Wildman–Crippen LogP) is 3.84. The third-order valence-corrected chi connectivity index (χ3v) is 6.24. The van der Waals surface area contributed by atoms with Crippen molar-refractivity contribution >= 4 is 21.6 Å². The van der Waals surface area contributed by atoms with Crippen LogP contribution in [-0.2, 0) is 14.8 Å². The molecule has 8 heteroatoms. The lowest BCUT2D eigenvalue weighted by molar-refractivity contribution is -0.128. The Bertz CT molecular complexity index is 941. The molecule has 2 aromatic rings. The third kappa shape index (κ3) is 5.93. The molecule has 3 rings (SSSR count). The highest BCUT2D eigenvalue weighted by molar-refractivity contribution is 7.92. The van der Waals surface area contributed by atoms with Crippen LogP contribution in [0.4, 0.5) is 10.1 Å². The minimum atomic E-state index is -3.86. The lowest BCUT2D eigenvalue weighted by Crippen LogP contribution is -2.43. The van der Waals surface area contributed by atoms with Crippen LogP contribution in [-0.4, -0.2) is 26.5 Å². The van der Waals surface area contributed by atoms with Gasteiger partial charge in [-0.05, 0) is 62.2 Å². The second kappa shape index (κ2) is 9.26. The van der Waals surface area contributed by atoms with Crippen molar-refractivity contribution in [2.45, 2.75) is 56.1 Å². The largest absolute Gasteiger partial charge is 0.481 e. The Balaban J connectivity index is 1.59. The molecule has 0 unspecified atom stereocenters. The van der Waals surface area contributed by atoms with Crippen molar-refractivity contribution in [1.82, 2.24) is 5.32 Å². The number of carbonyl (C=O) groups is 1. The van der Waals surface area contributed by atoms with Crippen molar-refractivity contribution in [2.75, 3.05) is 4.72 Å². The van der Waals surface area contributed by atoms with E-state index < -0.39 is 21.9 Å². The summed E-state index contributed by atoms with van der Waals surface area (Å²) in [6, 6.07) is 11.1. The highest BCUT2D eigenvalue weighted by Crippen LogP contribution is 2.21. The first-order chi connectivity index (χ1) is 13.8. The molecule has 2 N–H and O–H groups in total. The molecule has 0 aromatic heterocycles. The summed E-state index contributed by atoms with van der Waals surface area (Å²) < 4.78 is 46.1. The number of hydrogen-bond acceptors (Lipinski definition) is 4. The topological polar surface area (TPSA) is 84.5 Å². The number of halogens is 1. The summed E-state index contributed by atoms with van der Waals surface area (Å²) in [5, 5.41) is 3.01. The van der Waals surface area contributed by atoms with E-state index in [1.54, 1.807) is 6.92 Å². The molecule has 0 bridgehead atoms. The molecule has 2 aromatic carbocycles. The maximum atomic E-state index is 13.2. The van der Waals surface area contributed by atoms with E-state index in [9.17, 15) is 17.6 Å². The van der Waals surface area contributed by atoms with Crippen LogP contribution in [0, 0.1) is 5.82 Å². The van der Waals surface area contributed by atoms with Crippen LogP contribution in [0.2, 0.25) is 0 Å². The van der Waals surface area contributed by atoms with Crippen molar-refractivity contribution in [3.63, 3.8) is 0 Å². The standard InChI is InChI=1S/C21H25FN2O4S/c1-15(21(25)23-17-7-3-2-4-8-17)28-19-10-12-20(13-11-19)29(26,27)24-18-9-5-6-16(22)14-18/h5-6,9-15,17,24H,2-4,7-8H2,1H3,(H,23,25)/t15-/m1/s1. The molecule has 0 radical (unpaired) electrons. The first-order valence-corrected chi connectivity index (χ1v) is 11.2. The van der Waals surface area contributed by atoms with E-state index in [4.69, 9.17) is 4.74 Å². The molecule has 1 atom stereocenters. The molecule has 6 nitrogen and oxygen atoms in total. The molecule has 0 aliphatic heterocycles. The van der Waals surface area contributed by atoms with Crippen LogP contribution in [0.15, 0.2) is 53.4 Å². The van der Waals surface area contributed by atoms with Crippen LogP contribution in [0.25, 0.3) is 0 Å². The average molecular weight is 421 g/mol. The summed E-state index contributed by atoms with van der Waals surface area (Å²) in [6.45, 7) is 1.66. The van der Waals surface area contributed by atoms with Gasteiger partial charge in [-0.1, -0.05) is 25.3 Å². The number of anilines is 1. The fraction of sp³-hybridized carbons (Fsp3) is 0.381. The van der Waals surface area contributed by atoms with E-state index in [0.29, 0.717) is 5.75 Å². The Morgan fingerprint density at radius 2 is 1.79 bits per heavy atom. The lowest BCUT2D eigenvalue weighted by atomic mass is 9.95. The van der Waals surface area contributed by atoms with Crippen LogP contribution in [0.5, 0.6) is 5.75 Å². The number of nitrogens with one attached hydrogen (secondary N) is 2. The van der Waals surface area contributed by atoms with Gasteiger partial charge in [-0.25, -0.2) is 12.8 Å². The van der Waals surface area contributed by atoms with Gasteiger partial charge in [0.05, 0.1) is 10.6 Å². The van der Waals surface area contributed by atoms with E-state index in [1.165, 1.54) is 48.9 Å². The molecule has 1 fully saturated rings. The van der Waals surface area contributed by atoms with E-state index >= 15 is 0 Å². The molecule has 0 spiro atoms. The van der Waals surface area contributed by atoms with Gasteiger partial charge in [0.1, 0.15) is 11.6 Å². The van der Waals surface area contributed by atoms with Gasteiger partial charge in [0.2, 0.25) is 0 Å². The fourth-order valence-electron chi connectivity index (χ4n) is 3.29. The number of ether oxygens (including phenoxy) is 1. The number of hydrogen-bond donors (Lipinski definition) is 2. The van der Waals surface area contributed by atoms with Gasteiger partial charge in [0, 0.05) is 6.04 Å². The number of benzene rings is 2. The molecular weight excluding hydrogens is 395 g/mol. The van der Waals surface area contributed by atoms with Crippen LogP contribution < -0.4 is 14.8 Å². The zero-order valence-electron chi connectivity index (χ0n) is 16.2. The van der Waals surface area contributed by atoms with Gasteiger partial charge < -0.3 is 10.1 Å². The van der Waals surface area contributed by atoms with Crippen molar-refractivity contribution in [3.05, 3.63) is 54.3 Å². The molecule has 0 heterocycles. The number of carbonyl (C=O) groups excluding carboxylic acids is 1. The summed E-state index contributed by atoms with van der Waals surface area (Å²) in [5.41, 5.74) is 0.137. The summed E-state index contributed by atoms with van der Waals surface area (Å²) in [5.74, 6) is -0.322. The smallest absolute Gasteiger partial charge is 0.261 e. The van der Waals surface area contributed by atoms with Crippen molar-refractivity contribution in [2.24, 2.45) is 0 Å². The van der Waals surface area contributed by atoms with Gasteiger partial charge in [-0.2, -0.15) is 0 Å². The van der Waals surface area contributed by atoms with Crippen molar-refractivity contribution in [1.29, 1.82) is 0 Å². The molecule has 0 saturated heterocycles. The van der Waals surface area contributed by atoms with Gasteiger partial charge in [0.15, 0.2) is 6.10 Å². The Hall–Kier alpha value is -2.61. The lowest BCUT2D eigenvalue weighted by Gasteiger charge is -2.24. The number of sulfonamides is 1. The van der Waals surface area contributed by atoms with E-state index in [0.717, 1.165) is 31.7 Å². The summed E-state index contributed by atoms with van der Waals surface area (Å²) >= 11 is 0. The molecular formula is C21H25FN2O4S. The zero-order valence-corrected chi connectivity index (χ0v) is 17.0. The molecule has 1 amide bonds. The van der Waals surface area contributed by atoms with Crippen LogP contribution >= 0.6 is 0 Å². The van der Waals surface area contributed by atoms with E-state index in [2.05, 4.69) is 10.0 Å². The quantitative estimate of drug-likeness (QED) is 0.713. The Labute approximate surface area is 170 Å². The maximum Gasteiger partial charge on any atom is 0.261 e. The van der Waals surface area contributed by atoms with E-state index in [-0.39, 0.29) is 22.5 Å². The minimum absolute atomic E-state index is 0.00780. The van der Waals surface area contributed by atoms with Gasteiger partial charge in [-0.3, -0.25) is 9.52 Å². The predicted molar refractivity (Wildman–Crippen MR) is 109 cm³/mol. The first kappa shape index (κ1) is 21.1. The molecule has 1 aliphatic rings. The molecule has 29 heavy (non-hydrogen) atoms. The Kier molecular flexibility index (Phi) is 6.74. The molecule has 156 valence electrons. The zero-order chi connectivity index (χ0) is 20.9. The van der Waals surface area contributed by atoms with Gasteiger partial charge in [-0.15, -0.1) is 0 Å². The highest BCUT2D eigenvalue weighted by atomic mass is 32.2. The summed E-state index contributed by atoms with van der Waals surface area (Å²) in [6.07, 6.45) is 4.75. The SMILES string of the molecule is C[C@@H](Oc1ccc(S(=O)(=O)Nc2cccc(F)c2)cc1)C(=O)NC1CCCCC1. The Morgan fingerprint density at radius 1 is 1.10 bits per heavy atom. The van der Waals surface area contributed by atoms with Gasteiger partial charge in [0.25, 0.3) is 15.9 Å². The van der Waals surface area contributed by atoms with Crippen molar-refractivity contribution < 1.29 is 22.3 Å². The molecule has 1 aliphatic carbocycles. The third-order valence-electron chi connectivity index (χ3n) is 4.84.